The maximum atomic E-state index is 10.5. The van der Waals surface area contributed by atoms with E-state index in [1.165, 1.54) is 12.1 Å². The van der Waals surface area contributed by atoms with Crippen LogP contribution in [0.25, 0.3) is 11.5 Å². The lowest BCUT2D eigenvalue weighted by Gasteiger charge is -2.01. The molecule has 2 rings (SSSR count). The first-order valence-electron chi connectivity index (χ1n) is 4.24. The normalized spacial score (nSPS) is 10.2. The Morgan fingerprint density at radius 2 is 2.19 bits per heavy atom. The molecule has 0 fully saturated rings. The van der Waals surface area contributed by atoms with Gasteiger partial charge in [-0.2, -0.15) is 4.98 Å². The molecule has 0 saturated carbocycles. The minimum atomic E-state index is -1.31. The minimum absolute atomic E-state index is 0.0952. The fourth-order valence-electron chi connectivity index (χ4n) is 1.15. The Bertz CT molecular complexity index is 549. The highest BCUT2D eigenvalue weighted by atomic mass is 16.5. The number of aromatic carboxylic acids is 1. The summed E-state index contributed by atoms with van der Waals surface area (Å²) in [6.07, 6.45) is 0. The van der Waals surface area contributed by atoms with Crippen LogP contribution in [0.15, 0.2) is 22.7 Å². The van der Waals surface area contributed by atoms with E-state index in [0.717, 1.165) is 0 Å². The molecule has 1 aromatic heterocycles. The summed E-state index contributed by atoms with van der Waals surface area (Å²) < 4.78 is 4.69. The predicted molar refractivity (Wildman–Crippen MR) is 52.8 cm³/mol. The van der Waals surface area contributed by atoms with Crippen molar-refractivity contribution in [3.05, 3.63) is 24.0 Å². The van der Waals surface area contributed by atoms with Crippen LogP contribution in [0.4, 0.5) is 5.69 Å². The number of aromatic hydroxyl groups is 1. The first-order valence-corrected chi connectivity index (χ1v) is 4.24. The number of carbonyl (C=O) groups is 1. The molecule has 0 amide bonds. The highest BCUT2D eigenvalue weighted by molar-refractivity contribution is 5.83. The Labute approximate surface area is 89.1 Å². The van der Waals surface area contributed by atoms with Gasteiger partial charge in [0.1, 0.15) is 0 Å². The van der Waals surface area contributed by atoms with E-state index in [1.54, 1.807) is 6.07 Å². The van der Waals surface area contributed by atoms with Gasteiger partial charge < -0.3 is 20.5 Å². The molecular formula is C9H7N3O4. The zero-order valence-corrected chi connectivity index (χ0v) is 7.91. The number of carboxylic acid groups (broad SMARTS) is 1. The highest BCUT2D eigenvalue weighted by Gasteiger charge is 2.17. The molecule has 0 unspecified atom stereocenters. The molecule has 0 aliphatic carbocycles. The van der Waals surface area contributed by atoms with E-state index in [2.05, 4.69) is 10.1 Å². The van der Waals surface area contributed by atoms with Gasteiger partial charge >= 0.3 is 5.97 Å². The maximum Gasteiger partial charge on any atom is 0.377 e. The molecule has 0 aliphatic heterocycles. The van der Waals surface area contributed by atoms with E-state index >= 15 is 0 Å². The smallest absolute Gasteiger partial charge is 0.377 e. The van der Waals surface area contributed by atoms with Gasteiger partial charge in [0, 0.05) is 0 Å². The molecule has 7 heteroatoms. The van der Waals surface area contributed by atoms with Gasteiger partial charge in [0.2, 0.25) is 0 Å². The van der Waals surface area contributed by atoms with Crippen LogP contribution in [0.1, 0.15) is 10.6 Å². The second-order valence-electron chi connectivity index (χ2n) is 2.97. The number of hydrogen-bond acceptors (Lipinski definition) is 6. The van der Waals surface area contributed by atoms with Crippen molar-refractivity contribution in [1.29, 1.82) is 0 Å². The third-order valence-electron chi connectivity index (χ3n) is 1.91. The summed E-state index contributed by atoms with van der Waals surface area (Å²) in [5.41, 5.74) is 5.81. The van der Waals surface area contributed by atoms with Crippen molar-refractivity contribution in [1.82, 2.24) is 10.1 Å². The Morgan fingerprint density at radius 3 is 2.81 bits per heavy atom. The van der Waals surface area contributed by atoms with Crippen molar-refractivity contribution in [3.63, 3.8) is 0 Å². The molecule has 0 aliphatic rings. The monoisotopic (exact) mass is 221 g/mol. The molecule has 0 bridgehead atoms. The average molecular weight is 221 g/mol. The zero-order chi connectivity index (χ0) is 11.7. The molecule has 0 radical (unpaired) electrons. The predicted octanol–water partition coefficient (Wildman–Crippen LogP) is 0.723. The van der Waals surface area contributed by atoms with Crippen LogP contribution in [0.2, 0.25) is 0 Å². The molecule has 2 aromatic rings. The zero-order valence-electron chi connectivity index (χ0n) is 7.91. The van der Waals surface area contributed by atoms with Gasteiger partial charge in [-0.1, -0.05) is 6.07 Å². The summed E-state index contributed by atoms with van der Waals surface area (Å²) in [6, 6.07) is 4.56. The van der Waals surface area contributed by atoms with Crippen LogP contribution >= 0.6 is 0 Å². The number of phenols is 1. The molecule has 1 heterocycles. The topological polar surface area (TPSA) is 122 Å². The number of phenolic OH excluding ortho intramolecular Hbond substituents is 1. The molecule has 1 aromatic carbocycles. The number of nitrogens with zero attached hydrogens (tertiary/aromatic N) is 2. The second-order valence-corrected chi connectivity index (χ2v) is 2.97. The van der Waals surface area contributed by atoms with Crippen molar-refractivity contribution in [2.45, 2.75) is 0 Å². The number of rotatable bonds is 2. The number of anilines is 1. The molecule has 0 atom stereocenters. The molecular weight excluding hydrogens is 214 g/mol. The van der Waals surface area contributed by atoms with Crippen LogP contribution in [0, 0.1) is 0 Å². The fraction of sp³-hybridized carbons (Fsp3) is 0. The number of nitrogens with two attached hydrogens (primary N) is 1. The second kappa shape index (κ2) is 3.54. The van der Waals surface area contributed by atoms with Gasteiger partial charge in [0.25, 0.3) is 11.7 Å². The van der Waals surface area contributed by atoms with Gasteiger partial charge in [0.15, 0.2) is 5.75 Å². The van der Waals surface area contributed by atoms with E-state index < -0.39 is 11.8 Å². The summed E-state index contributed by atoms with van der Waals surface area (Å²) in [4.78, 5) is 14.1. The van der Waals surface area contributed by atoms with Gasteiger partial charge in [-0.15, -0.1) is 0 Å². The van der Waals surface area contributed by atoms with E-state index in [1.807, 2.05) is 0 Å². The first-order chi connectivity index (χ1) is 7.59. The average Bonchev–Trinajstić information content (AvgIpc) is 2.71. The Hall–Kier alpha value is -2.57. The van der Waals surface area contributed by atoms with Crippen LogP contribution < -0.4 is 5.73 Å². The molecule has 4 N–H and O–H groups in total. The number of nitrogen functional groups attached to an aromatic ring is 1. The van der Waals surface area contributed by atoms with Crippen molar-refractivity contribution in [2.24, 2.45) is 0 Å². The van der Waals surface area contributed by atoms with E-state index in [9.17, 15) is 9.90 Å². The van der Waals surface area contributed by atoms with Crippen LogP contribution in [-0.2, 0) is 0 Å². The summed E-state index contributed by atoms with van der Waals surface area (Å²) in [7, 11) is 0. The van der Waals surface area contributed by atoms with Crippen LogP contribution in [0.3, 0.4) is 0 Å². The largest absolute Gasteiger partial charge is 0.505 e. The van der Waals surface area contributed by atoms with Gasteiger partial charge in [0.05, 0.1) is 11.3 Å². The van der Waals surface area contributed by atoms with Crippen LogP contribution in [0.5, 0.6) is 5.75 Å². The van der Waals surface area contributed by atoms with Crippen LogP contribution in [-0.4, -0.2) is 26.3 Å². The van der Waals surface area contributed by atoms with E-state index in [4.69, 9.17) is 15.4 Å². The van der Waals surface area contributed by atoms with Gasteiger partial charge in [-0.3, -0.25) is 0 Å². The summed E-state index contributed by atoms with van der Waals surface area (Å²) >= 11 is 0. The van der Waals surface area contributed by atoms with Gasteiger partial charge in [-0.25, -0.2) is 4.79 Å². The Morgan fingerprint density at radius 1 is 1.44 bits per heavy atom. The van der Waals surface area contributed by atoms with Crippen molar-refractivity contribution in [3.8, 4) is 17.2 Å². The molecule has 16 heavy (non-hydrogen) atoms. The quantitative estimate of drug-likeness (QED) is 0.504. The number of hydrogen-bond donors (Lipinski definition) is 3. The first kappa shape index (κ1) is 9.97. The summed E-state index contributed by atoms with van der Waals surface area (Å²) in [5, 5.41) is 21.4. The number of benzene rings is 1. The summed E-state index contributed by atoms with van der Waals surface area (Å²) in [5.74, 6) is -2.10. The Kier molecular flexibility index (Phi) is 2.20. The molecule has 0 spiro atoms. The maximum absolute atomic E-state index is 10.5. The SMILES string of the molecule is Nc1cccc(-c2nc(C(=O)O)no2)c1O. The number of carboxylic acids is 1. The van der Waals surface area contributed by atoms with E-state index in [0.29, 0.717) is 0 Å². The lowest BCUT2D eigenvalue weighted by molar-refractivity contribution is 0.0680. The van der Waals surface area contributed by atoms with Gasteiger partial charge in [-0.05, 0) is 17.3 Å². The number of para-hydroxylation sites is 1. The van der Waals surface area contributed by atoms with Crippen molar-refractivity contribution in [2.75, 3.05) is 5.73 Å². The molecule has 7 nitrogen and oxygen atoms in total. The lowest BCUT2D eigenvalue weighted by Crippen LogP contribution is -1.98. The molecule has 0 saturated heterocycles. The van der Waals surface area contributed by atoms with E-state index in [-0.39, 0.29) is 22.9 Å². The lowest BCUT2D eigenvalue weighted by atomic mass is 10.2. The summed E-state index contributed by atoms with van der Waals surface area (Å²) in [6.45, 7) is 0. The third kappa shape index (κ3) is 1.54. The molecule has 82 valence electrons. The standard InChI is InChI=1S/C9H7N3O4/c10-5-3-1-2-4(6(5)13)8-11-7(9(14)15)12-16-8/h1-3,13H,10H2,(H,14,15). The minimum Gasteiger partial charge on any atom is -0.505 e. The van der Waals surface area contributed by atoms with Crippen molar-refractivity contribution < 1.29 is 19.5 Å². The number of aromatic nitrogens is 2. The third-order valence-corrected chi connectivity index (χ3v) is 1.91. The highest BCUT2D eigenvalue weighted by Crippen LogP contribution is 2.32. The Balaban J connectivity index is 2.50. The fourth-order valence-corrected chi connectivity index (χ4v) is 1.15. The van der Waals surface area contributed by atoms with Crippen molar-refractivity contribution >= 4 is 11.7 Å².